The van der Waals surface area contributed by atoms with E-state index in [2.05, 4.69) is 31.7 Å². The molecule has 0 N–H and O–H groups in total. The van der Waals surface area contributed by atoms with Crippen molar-refractivity contribution in [2.45, 2.75) is 12.9 Å². The number of nitrogens with zero attached hydrogens (tertiary/aromatic N) is 3. The van der Waals surface area contributed by atoms with Crippen molar-refractivity contribution >= 4 is 17.3 Å². The maximum Gasteiger partial charge on any atom is 0.573 e. The van der Waals surface area contributed by atoms with Crippen LogP contribution in [0, 0.1) is 0 Å². The lowest BCUT2D eigenvalue weighted by Gasteiger charge is -2.19. The van der Waals surface area contributed by atoms with E-state index in [9.17, 15) is 13.2 Å². The highest BCUT2D eigenvalue weighted by molar-refractivity contribution is 6.16. The molecule has 2 aliphatic rings. The maximum atomic E-state index is 12.3. The first kappa shape index (κ1) is 18.5. The van der Waals surface area contributed by atoms with Crippen molar-refractivity contribution in [3.05, 3.63) is 78.4 Å². The van der Waals surface area contributed by atoms with Crippen LogP contribution < -0.4 is 14.5 Å². The Morgan fingerprint density at radius 1 is 0.833 bits per heavy atom. The number of hydrogen-bond acceptors (Lipinski definition) is 4. The summed E-state index contributed by atoms with van der Waals surface area (Å²) in [6, 6.07) is 22.2. The Morgan fingerprint density at radius 2 is 1.47 bits per heavy atom. The van der Waals surface area contributed by atoms with E-state index in [0.717, 1.165) is 41.4 Å². The van der Waals surface area contributed by atoms with Crippen LogP contribution in [0.4, 0.5) is 24.5 Å². The monoisotopic (exact) mass is 409 g/mol. The molecule has 0 atom stereocenters. The molecule has 0 bridgehead atoms. The Labute approximate surface area is 171 Å². The van der Waals surface area contributed by atoms with Gasteiger partial charge in [0.05, 0.1) is 24.5 Å². The van der Waals surface area contributed by atoms with Crippen LogP contribution in [0.15, 0.2) is 77.8 Å². The molecule has 0 saturated heterocycles. The highest BCUT2D eigenvalue weighted by atomic mass is 19.4. The molecule has 0 saturated carbocycles. The average Bonchev–Trinajstić information content (AvgIpc) is 3.31. The molecule has 0 aromatic heterocycles. The predicted octanol–water partition coefficient (Wildman–Crippen LogP) is 5.45. The first-order chi connectivity index (χ1) is 14.5. The van der Waals surface area contributed by atoms with E-state index < -0.39 is 6.36 Å². The van der Waals surface area contributed by atoms with Crippen LogP contribution in [-0.2, 0) is 6.54 Å². The summed E-state index contributed by atoms with van der Waals surface area (Å²) in [5.41, 5.74) is 5.22. The van der Waals surface area contributed by atoms with Gasteiger partial charge in [-0.3, -0.25) is 4.99 Å². The first-order valence-electron chi connectivity index (χ1n) is 9.62. The van der Waals surface area contributed by atoms with Gasteiger partial charge < -0.3 is 14.5 Å². The Balaban J connectivity index is 1.34. The zero-order valence-electron chi connectivity index (χ0n) is 15.9. The number of fused-ring (bicyclic) bond motifs is 3. The van der Waals surface area contributed by atoms with Crippen molar-refractivity contribution in [1.82, 2.24) is 0 Å². The molecule has 2 heterocycles. The van der Waals surface area contributed by atoms with Gasteiger partial charge in [0.2, 0.25) is 5.96 Å². The second-order valence-electron chi connectivity index (χ2n) is 7.18. The van der Waals surface area contributed by atoms with Crippen molar-refractivity contribution in [3.8, 4) is 16.9 Å². The summed E-state index contributed by atoms with van der Waals surface area (Å²) in [5.74, 6) is 0.762. The Hall–Kier alpha value is -3.48. The van der Waals surface area contributed by atoms with Crippen LogP contribution in [0.5, 0.6) is 5.75 Å². The van der Waals surface area contributed by atoms with E-state index in [4.69, 9.17) is 0 Å². The molecule has 30 heavy (non-hydrogen) atoms. The molecule has 0 aliphatic carbocycles. The van der Waals surface area contributed by atoms with Crippen LogP contribution in [0.3, 0.4) is 0 Å². The van der Waals surface area contributed by atoms with Gasteiger partial charge in [-0.1, -0.05) is 48.5 Å². The highest BCUT2D eigenvalue weighted by Gasteiger charge is 2.34. The van der Waals surface area contributed by atoms with E-state index in [1.807, 2.05) is 36.4 Å². The average molecular weight is 409 g/mol. The molecule has 3 aromatic carbocycles. The van der Waals surface area contributed by atoms with Crippen LogP contribution in [-0.4, -0.2) is 25.4 Å². The van der Waals surface area contributed by atoms with Crippen LogP contribution in [0.25, 0.3) is 11.1 Å². The summed E-state index contributed by atoms with van der Waals surface area (Å²) < 4.78 is 40.9. The van der Waals surface area contributed by atoms with E-state index in [1.54, 1.807) is 12.1 Å². The molecule has 4 nitrogen and oxygen atoms in total. The quantitative estimate of drug-likeness (QED) is 0.574. The summed E-state index contributed by atoms with van der Waals surface area (Å²) in [6.07, 6.45) is -4.68. The molecule has 0 fully saturated rings. The SMILES string of the molecule is FC(F)(F)Oc1ccc(-c2ccc(CN3C4=NCCN4c4ccccc43)cc2)cc1. The number of alkyl halides is 3. The van der Waals surface area contributed by atoms with Gasteiger partial charge in [0.25, 0.3) is 0 Å². The van der Waals surface area contributed by atoms with Gasteiger partial charge >= 0.3 is 6.36 Å². The zero-order valence-corrected chi connectivity index (χ0v) is 15.9. The molecule has 5 rings (SSSR count). The maximum absolute atomic E-state index is 12.3. The fraction of sp³-hybridized carbons (Fsp3) is 0.174. The number of para-hydroxylation sites is 2. The molecular weight excluding hydrogens is 391 g/mol. The lowest BCUT2D eigenvalue weighted by Crippen LogP contribution is -2.34. The summed E-state index contributed by atoms with van der Waals surface area (Å²) in [5, 5.41) is 0. The topological polar surface area (TPSA) is 28.1 Å². The van der Waals surface area contributed by atoms with E-state index in [1.165, 1.54) is 17.8 Å². The minimum absolute atomic E-state index is 0.225. The normalized spacial score (nSPS) is 15.1. The largest absolute Gasteiger partial charge is 0.573 e. The van der Waals surface area contributed by atoms with Crippen LogP contribution in [0.2, 0.25) is 0 Å². The number of rotatable bonds is 4. The fourth-order valence-electron chi connectivity index (χ4n) is 3.91. The smallest absolute Gasteiger partial charge is 0.406 e. The third-order valence-electron chi connectivity index (χ3n) is 5.24. The molecule has 3 aromatic rings. The van der Waals surface area contributed by atoms with Crippen LogP contribution in [0.1, 0.15) is 5.56 Å². The first-order valence-corrected chi connectivity index (χ1v) is 9.62. The molecule has 152 valence electrons. The van der Waals surface area contributed by atoms with Gasteiger partial charge in [-0.2, -0.15) is 0 Å². The lowest BCUT2D eigenvalue weighted by atomic mass is 10.0. The Morgan fingerprint density at radius 3 is 2.13 bits per heavy atom. The van der Waals surface area contributed by atoms with Crippen LogP contribution >= 0.6 is 0 Å². The standard InChI is InChI=1S/C23H18F3N3O/c24-23(25,26)30-19-11-9-18(10-12-19)17-7-5-16(6-8-17)15-29-21-4-2-1-3-20(21)28-14-13-27-22(28)29/h1-12H,13-15H2. The third kappa shape index (κ3) is 3.47. The lowest BCUT2D eigenvalue weighted by molar-refractivity contribution is -0.274. The van der Waals surface area contributed by atoms with Gasteiger partial charge in [-0.15, -0.1) is 13.2 Å². The van der Waals surface area contributed by atoms with E-state index in [0.29, 0.717) is 6.54 Å². The molecule has 2 aliphatic heterocycles. The summed E-state index contributed by atoms with van der Waals surface area (Å²) in [6.45, 7) is 2.40. The number of guanidine groups is 1. The van der Waals surface area contributed by atoms with Gasteiger partial charge in [0.15, 0.2) is 0 Å². The minimum Gasteiger partial charge on any atom is -0.406 e. The number of hydrogen-bond donors (Lipinski definition) is 0. The number of ether oxygens (including phenoxy) is 1. The zero-order chi connectivity index (χ0) is 20.7. The van der Waals surface area contributed by atoms with Crippen molar-refractivity contribution in [1.29, 1.82) is 0 Å². The number of halogens is 3. The number of benzene rings is 3. The summed E-state index contributed by atoms with van der Waals surface area (Å²) >= 11 is 0. The molecule has 0 radical (unpaired) electrons. The summed E-state index contributed by atoms with van der Waals surface area (Å²) in [4.78, 5) is 9.13. The van der Waals surface area contributed by atoms with Gasteiger partial charge in [0, 0.05) is 6.54 Å². The van der Waals surface area contributed by atoms with Gasteiger partial charge in [-0.25, -0.2) is 0 Å². The number of anilines is 2. The van der Waals surface area contributed by atoms with Crippen molar-refractivity contribution < 1.29 is 17.9 Å². The fourth-order valence-corrected chi connectivity index (χ4v) is 3.91. The highest BCUT2D eigenvalue weighted by Crippen LogP contribution is 2.39. The van der Waals surface area contributed by atoms with Gasteiger partial charge in [-0.05, 0) is 41.0 Å². The number of aliphatic imine (C=N–C) groups is 1. The predicted molar refractivity (Wildman–Crippen MR) is 111 cm³/mol. The Bertz CT molecular complexity index is 1090. The molecule has 0 amide bonds. The second kappa shape index (κ2) is 7.09. The second-order valence-corrected chi connectivity index (χ2v) is 7.18. The van der Waals surface area contributed by atoms with Gasteiger partial charge in [0.1, 0.15) is 5.75 Å². The third-order valence-corrected chi connectivity index (χ3v) is 5.24. The van der Waals surface area contributed by atoms with Crippen molar-refractivity contribution in [2.75, 3.05) is 22.9 Å². The molecule has 0 spiro atoms. The minimum atomic E-state index is -4.68. The van der Waals surface area contributed by atoms with Crippen molar-refractivity contribution in [3.63, 3.8) is 0 Å². The molecule has 7 heteroatoms. The Kier molecular flexibility index (Phi) is 4.38. The van der Waals surface area contributed by atoms with Crippen molar-refractivity contribution in [2.24, 2.45) is 4.99 Å². The van der Waals surface area contributed by atoms with E-state index in [-0.39, 0.29) is 5.75 Å². The van der Waals surface area contributed by atoms with E-state index >= 15 is 0 Å². The molecule has 0 unspecified atom stereocenters. The summed E-state index contributed by atoms with van der Waals surface area (Å²) in [7, 11) is 0. The molecular formula is C23H18F3N3O.